The molecule has 0 aliphatic heterocycles. The second-order valence-electron chi connectivity index (χ2n) is 5.96. The summed E-state index contributed by atoms with van der Waals surface area (Å²) in [6, 6.07) is 5.78. The summed E-state index contributed by atoms with van der Waals surface area (Å²) >= 11 is 0. The third kappa shape index (κ3) is 4.11. The number of nitrogens with two attached hydrogens (primary N) is 1. The number of halogens is 1. The molecular formula is C19H23FN2O4. The number of rotatable bonds is 8. The van der Waals surface area contributed by atoms with Gasteiger partial charge in [0.1, 0.15) is 5.82 Å². The highest BCUT2D eigenvalue weighted by Crippen LogP contribution is 2.34. The van der Waals surface area contributed by atoms with Gasteiger partial charge < -0.3 is 20.1 Å². The van der Waals surface area contributed by atoms with Crippen LogP contribution in [0.25, 0.3) is 11.1 Å². The van der Waals surface area contributed by atoms with Gasteiger partial charge in [-0.2, -0.15) is 0 Å². The molecule has 2 aromatic rings. The van der Waals surface area contributed by atoms with Gasteiger partial charge in [0.2, 0.25) is 0 Å². The molecule has 1 amide bonds. The maximum Gasteiger partial charge on any atom is 0.305 e. The first-order valence-electron chi connectivity index (χ1n) is 8.36. The number of benzene rings is 1. The molecule has 26 heavy (non-hydrogen) atoms. The normalized spacial score (nSPS) is 10.8. The number of hydrogen-bond acceptors (Lipinski definition) is 4. The average molecular weight is 362 g/mol. The lowest BCUT2D eigenvalue weighted by Gasteiger charge is -2.12. The van der Waals surface area contributed by atoms with E-state index in [4.69, 9.17) is 10.5 Å². The summed E-state index contributed by atoms with van der Waals surface area (Å²) < 4.78 is 19.9. The van der Waals surface area contributed by atoms with Crippen LogP contribution in [-0.4, -0.2) is 35.3 Å². The van der Waals surface area contributed by atoms with Crippen molar-refractivity contribution in [2.45, 2.75) is 32.7 Å². The Hall–Kier alpha value is -2.67. The Kier molecular flexibility index (Phi) is 6.52. The van der Waals surface area contributed by atoms with Crippen molar-refractivity contribution in [3.8, 4) is 11.1 Å². The lowest BCUT2D eigenvalue weighted by atomic mass is 9.98. The van der Waals surface area contributed by atoms with Crippen LogP contribution in [0.3, 0.4) is 0 Å². The zero-order valence-electron chi connectivity index (χ0n) is 14.9. The largest absolute Gasteiger partial charge is 0.469 e. The Labute approximate surface area is 151 Å². The van der Waals surface area contributed by atoms with Crippen LogP contribution in [0.5, 0.6) is 0 Å². The third-order valence-electron chi connectivity index (χ3n) is 4.34. The smallest absolute Gasteiger partial charge is 0.305 e. The maximum absolute atomic E-state index is 13.3. The summed E-state index contributed by atoms with van der Waals surface area (Å²) in [7, 11) is 1.31. The number of methoxy groups -OCH3 is 1. The van der Waals surface area contributed by atoms with Crippen molar-refractivity contribution in [1.29, 1.82) is 0 Å². The molecule has 1 aromatic heterocycles. The minimum absolute atomic E-state index is 0.00809. The highest BCUT2D eigenvalue weighted by Gasteiger charge is 2.25. The third-order valence-corrected chi connectivity index (χ3v) is 4.34. The molecule has 0 saturated carbocycles. The van der Waals surface area contributed by atoms with Gasteiger partial charge in [-0.3, -0.25) is 9.59 Å². The summed E-state index contributed by atoms with van der Waals surface area (Å²) in [4.78, 5) is 23.7. The summed E-state index contributed by atoms with van der Waals surface area (Å²) in [5.74, 6) is -1.35. The number of aliphatic hydroxyl groups is 1. The molecule has 1 aromatic carbocycles. The molecule has 0 unspecified atom stereocenters. The standard InChI is InChI=1S/C19H23FN2O4/c1-12-17(19(21)25)18(13-4-6-14(20)7-5-13)15(8-9-16(24)26-2)22(12)10-3-11-23/h4-7,23H,3,8-11H2,1-2H3,(H2,21,25). The maximum atomic E-state index is 13.3. The molecule has 6 nitrogen and oxygen atoms in total. The van der Waals surface area contributed by atoms with E-state index in [1.54, 1.807) is 19.1 Å². The molecule has 0 aliphatic rings. The zero-order valence-corrected chi connectivity index (χ0v) is 14.9. The van der Waals surface area contributed by atoms with Crippen molar-refractivity contribution in [3.05, 3.63) is 47.0 Å². The number of esters is 1. The molecule has 0 saturated heterocycles. The minimum atomic E-state index is -0.594. The van der Waals surface area contributed by atoms with Crippen molar-refractivity contribution < 1.29 is 23.8 Å². The lowest BCUT2D eigenvalue weighted by molar-refractivity contribution is -0.140. The average Bonchev–Trinajstić information content (AvgIpc) is 2.90. The van der Waals surface area contributed by atoms with E-state index >= 15 is 0 Å². The molecule has 0 atom stereocenters. The fourth-order valence-corrected chi connectivity index (χ4v) is 3.14. The van der Waals surface area contributed by atoms with Crippen LogP contribution in [-0.2, 0) is 22.5 Å². The van der Waals surface area contributed by atoms with Crippen LogP contribution in [0.4, 0.5) is 4.39 Å². The van der Waals surface area contributed by atoms with E-state index in [1.165, 1.54) is 19.2 Å². The van der Waals surface area contributed by atoms with E-state index in [2.05, 4.69) is 0 Å². The number of nitrogens with zero attached hydrogens (tertiary/aromatic N) is 1. The number of primary amides is 1. The summed E-state index contributed by atoms with van der Waals surface area (Å²) in [5.41, 5.74) is 8.58. The molecule has 140 valence electrons. The Morgan fingerprint density at radius 1 is 1.27 bits per heavy atom. The highest BCUT2D eigenvalue weighted by atomic mass is 19.1. The van der Waals surface area contributed by atoms with Crippen LogP contribution in [0.15, 0.2) is 24.3 Å². The summed E-state index contributed by atoms with van der Waals surface area (Å²) in [6.07, 6.45) is 0.951. The second-order valence-corrected chi connectivity index (χ2v) is 5.96. The Balaban J connectivity index is 2.65. The molecule has 0 fully saturated rings. The van der Waals surface area contributed by atoms with E-state index in [1.807, 2.05) is 4.57 Å². The SMILES string of the molecule is COC(=O)CCc1c(-c2ccc(F)cc2)c(C(N)=O)c(C)n1CCCO. The number of ether oxygens (including phenoxy) is 1. The molecule has 0 spiro atoms. The number of amides is 1. The molecule has 2 rings (SSSR count). The summed E-state index contributed by atoms with van der Waals surface area (Å²) in [6.45, 7) is 2.23. The molecule has 3 N–H and O–H groups in total. The first-order valence-corrected chi connectivity index (χ1v) is 8.36. The van der Waals surface area contributed by atoms with E-state index in [9.17, 15) is 19.1 Å². The van der Waals surface area contributed by atoms with Crippen LogP contribution in [0.2, 0.25) is 0 Å². The number of aromatic nitrogens is 1. The van der Waals surface area contributed by atoms with Crippen molar-refractivity contribution in [2.24, 2.45) is 5.73 Å². The van der Waals surface area contributed by atoms with Gasteiger partial charge in [-0.1, -0.05) is 12.1 Å². The fourth-order valence-electron chi connectivity index (χ4n) is 3.14. The van der Waals surface area contributed by atoms with Gasteiger partial charge in [-0.25, -0.2) is 4.39 Å². The van der Waals surface area contributed by atoms with Gasteiger partial charge in [0.05, 0.1) is 19.1 Å². The first kappa shape index (κ1) is 19.7. The van der Waals surface area contributed by atoms with E-state index in [0.717, 1.165) is 5.69 Å². The van der Waals surface area contributed by atoms with E-state index in [-0.39, 0.29) is 24.8 Å². The molecule has 0 aliphatic carbocycles. The number of aliphatic hydroxyl groups excluding tert-OH is 1. The molecule has 1 heterocycles. The predicted octanol–water partition coefficient (Wildman–Crippen LogP) is 2.19. The quantitative estimate of drug-likeness (QED) is 0.704. The van der Waals surface area contributed by atoms with Gasteiger partial charge in [-0.05, 0) is 37.5 Å². The van der Waals surface area contributed by atoms with Gasteiger partial charge >= 0.3 is 5.97 Å². The van der Waals surface area contributed by atoms with Crippen LogP contribution >= 0.6 is 0 Å². The number of hydrogen-bond donors (Lipinski definition) is 2. The molecule has 7 heteroatoms. The molecule has 0 radical (unpaired) electrons. The van der Waals surface area contributed by atoms with Crippen molar-refractivity contribution in [2.75, 3.05) is 13.7 Å². The van der Waals surface area contributed by atoms with Gasteiger partial charge in [0.25, 0.3) is 5.91 Å². The van der Waals surface area contributed by atoms with Crippen LogP contribution in [0, 0.1) is 12.7 Å². The van der Waals surface area contributed by atoms with Crippen LogP contribution < -0.4 is 5.73 Å². The zero-order chi connectivity index (χ0) is 19.3. The Bertz CT molecular complexity index is 797. The minimum Gasteiger partial charge on any atom is -0.469 e. The van der Waals surface area contributed by atoms with Crippen molar-refractivity contribution in [3.63, 3.8) is 0 Å². The van der Waals surface area contributed by atoms with Gasteiger partial charge in [0.15, 0.2) is 0 Å². The van der Waals surface area contributed by atoms with Gasteiger partial charge in [-0.15, -0.1) is 0 Å². The predicted molar refractivity (Wildman–Crippen MR) is 95.1 cm³/mol. The van der Waals surface area contributed by atoms with Gasteiger partial charge in [0, 0.05) is 30.1 Å². The monoisotopic (exact) mass is 362 g/mol. The fraction of sp³-hybridized carbons (Fsp3) is 0.368. The highest BCUT2D eigenvalue weighted by molar-refractivity contribution is 6.02. The first-order chi connectivity index (χ1) is 12.4. The van der Waals surface area contributed by atoms with E-state index < -0.39 is 5.91 Å². The van der Waals surface area contributed by atoms with Crippen molar-refractivity contribution >= 4 is 11.9 Å². The van der Waals surface area contributed by atoms with Crippen LogP contribution in [0.1, 0.15) is 34.6 Å². The molecule has 0 bridgehead atoms. The Morgan fingerprint density at radius 2 is 1.92 bits per heavy atom. The topological polar surface area (TPSA) is 94.5 Å². The summed E-state index contributed by atoms with van der Waals surface area (Å²) in [5, 5.41) is 9.18. The second kappa shape index (κ2) is 8.62. The number of carbonyl (C=O) groups is 2. The Morgan fingerprint density at radius 3 is 2.46 bits per heavy atom. The van der Waals surface area contributed by atoms with E-state index in [0.29, 0.717) is 41.8 Å². The molecular weight excluding hydrogens is 339 g/mol. The lowest BCUT2D eigenvalue weighted by Crippen LogP contribution is -2.13. The number of carbonyl (C=O) groups excluding carboxylic acids is 2. The van der Waals surface area contributed by atoms with Crippen molar-refractivity contribution in [1.82, 2.24) is 4.57 Å².